The maximum atomic E-state index is 13.9. The number of hydrogen-bond acceptors (Lipinski definition) is 4. The molecular weight excluding hydrogens is 440 g/mol. The molecule has 2 amide bonds. The number of likely N-dealkylation sites (N-methyl/N-ethyl adjacent to an activating group) is 1. The van der Waals surface area contributed by atoms with Gasteiger partial charge in [-0.05, 0) is 58.6 Å². The lowest BCUT2D eigenvalue weighted by Gasteiger charge is -2.35. The predicted octanol–water partition coefficient (Wildman–Crippen LogP) is 3.89. The molecule has 0 radical (unpaired) electrons. The summed E-state index contributed by atoms with van der Waals surface area (Å²) >= 11 is 0. The number of rotatable bonds is 8. The molecule has 7 nitrogen and oxygen atoms in total. The van der Waals surface area contributed by atoms with E-state index in [0.29, 0.717) is 17.7 Å². The summed E-state index contributed by atoms with van der Waals surface area (Å²) < 4.78 is 0. The molecule has 4 rings (SSSR count). The molecule has 2 aromatic rings. The molecule has 0 bridgehead atoms. The number of nitrogens with zero attached hydrogens (tertiary/aromatic N) is 1. The first-order chi connectivity index (χ1) is 16.9. The van der Waals surface area contributed by atoms with Crippen LogP contribution in [0.4, 0.5) is 0 Å². The number of carbonyl (C=O) groups is 3. The van der Waals surface area contributed by atoms with Crippen LogP contribution in [0.5, 0.6) is 0 Å². The molecule has 0 spiro atoms. The zero-order valence-corrected chi connectivity index (χ0v) is 21.1. The molecule has 188 valence electrons. The highest BCUT2D eigenvalue weighted by Gasteiger charge is 2.39. The molecule has 7 heteroatoms. The van der Waals surface area contributed by atoms with Gasteiger partial charge in [0.2, 0.25) is 11.8 Å². The minimum Gasteiger partial charge on any atom is -0.360 e. The Morgan fingerprint density at radius 3 is 2.43 bits per heavy atom. The number of nitrogens with one attached hydrogen (secondary N) is 3. The number of H-pyrrole nitrogens is 1. The normalized spacial score (nSPS) is 20.4. The molecule has 1 aromatic carbocycles. The summed E-state index contributed by atoms with van der Waals surface area (Å²) in [5, 5.41) is 6.06. The minimum atomic E-state index is -0.513. The lowest BCUT2D eigenvalue weighted by Crippen LogP contribution is -2.55. The van der Waals surface area contributed by atoms with Crippen LogP contribution in [0.1, 0.15) is 85.2 Å². The van der Waals surface area contributed by atoms with Gasteiger partial charge in [-0.1, -0.05) is 49.6 Å². The predicted molar refractivity (Wildman–Crippen MR) is 136 cm³/mol. The molecule has 1 saturated carbocycles. The molecule has 0 unspecified atom stereocenters. The average Bonchev–Trinajstić information content (AvgIpc) is 3.53. The van der Waals surface area contributed by atoms with Gasteiger partial charge in [-0.3, -0.25) is 14.4 Å². The van der Waals surface area contributed by atoms with Crippen LogP contribution in [0, 0.1) is 12.8 Å². The molecule has 2 fully saturated rings. The molecule has 1 aromatic heterocycles. The third kappa shape index (κ3) is 5.50. The van der Waals surface area contributed by atoms with Crippen molar-refractivity contribution in [2.75, 3.05) is 13.6 Å². The van der Waals surface area contributed by atoms with Crippen molar-refractivity contribution in [3.8, 4) is 0 Å². The Kier molecular flexibility index (Phi) is 8.06. The summed E-state index contributed by atoms with van der Waals surface area (Å²) in [4.78, 5) is 45.1. The fraction of sp³-hybridized carbons (Fsp3) is 0.536. The van der Waals surface area contributed by atoms with E-state index in [-0.39, 0.29) is 35.6 Å². The highest BCUT2D eigenvalue weighted by molar-refractivity contribution is 6.09. The van der Waals surface area contributed by atoms with Crippen molar-refractivity contribution in [2.45, 2.75) is 76.9 Å². The van der Waals surface area contributed by atoms with Crippen molar-refractivity contribution in [1.29, 1.82) is 0 Å². The lowest BCUT2D eigenvalue weighted by molar-refractivity contribution is -0.139. The van der Waals surface area contributed by atoms with Gasteiger partial charge in [0.25, 0.3) is 0 Å². The first-order valence-corrected chi connectivity index (χ1v) is 13.0. The van der Waals surface area contributed by atoms with Crippen LogP contribution in [-0.2, 0) is 9.59 Å². The number of hydrogen-bond donors (Lipinski definition) is 3. The van der Waals surface area contributed by atoms with Gasteiger partial charge >= 0.3 is 0 Å². The summed E-state index contributed by atoms with van der Waals surface area (Å²) in [6.07, 6.45) is 7.02. The second kappa shape index (κ2) is 11.2. The monoisotopic (exact) mass is 478 g/mol. The Labute approximate surface area is 208 Å². The second-order valence-electron chi connectivity index (χ2n) is 10.0. The summed E-state index contributed by atoms with van der Waals surface area (Å²) in [7, 11) is 1.75. The topological polar surface area (TPSA) is 94.3 Å². The van der Waals surface area contributed by atoms with E-state index in [0.717, 1.165) is 49.9 Å². The van der Waals surface area contributed by atoms with Crippen LogP contribution in [0.2, 0.25) is 0 Å². The largest absolute Gasteiger partial charge is 0.360 e. The van der Waals surface area contributed by atoms with E-state index in [2.05, 4.69) is 15.6 Å². The van der Waals surface area contributed by atoms with Gasteiger partial charge < -0.3 is 20.5 Å². The van der Waals surface area contributed by atoms with E-state index in [1.165, 1.54) is 6.42 Å². The van der Waals surface area contributed by atoms with Gasteiger partial charge in [0.15, 0.2) is 5.78 Å². The molecular formula is C28H38N4O3. The molecule has 1 aliphatic carbocycles. The number of ketones is 1. The third-order valence-corrected chi connectivity index (χ3v) is 7.72. The smallest absolute Gasteiger partial charge is 0.246 e. The van der Waals surface area contributed by atoms with E-state index < -0.39 is 6.04 Å². The summed E-state index contributed by atoms with van der Waals surface area (Å²) in [6.45, 7) is 4.37. The summed E-state index contributed by atoms with van der Waals surface area (Å²) in [6, 6.07) is 10.2. The van der Waals surface area contributed by atoms with Crippen molar-refractivity contribution in [1.82, 2.24) is 20.5 Å². The van der Waals surface area contributed by atoms with Crippen LogP contribution in [0.15, 0.2) is 36.4 Å². The van der Waals surface area contributed by atoms with E-state index in [9.17, 15) is 14.4 Å². The van der Waals surface area contributed by atoms with Crippen molar-refractivity contribution >= 4 is 17.6 Å². The van der Waals surface area contributed by atoms with E-state index in [1.807, 2.05) is 55.1 Å². The molecule has 35 heavy (non-hydrogen) atoms. The van der Waals surface area contributed by atoms with Gasteiger partial charge in [0.1, 0.15) is 6.04 Å². The van der Waals surface area contributed by atoms with Gasteiger partial charge in [-0.2, -0.15) is 0 Å². The number of amides is 2. The number of aromatic nitrogens is 1. The lowest BCUT2D eigenvalue weighted by atomic mass is 9.83. The highest BCUT2D eigenvalue weighted by Crippen LogP contribution is 2.35. The van der Waals surface area contributed by atoms with Crippen LogP contribution < -0.4 is 10.6 Å². The van der Waals surface area contributed by atoms with Crippen LogP contribution in [-0.4, -0.2) is 53.2 Å². The number of aryl methyl sites for hydroxylation is 1. The Hall–Kier alpha value is -2.93. The Morgan fingerprint density at radius 2 is 1.74 bits per heavy atom. The number of carbonyl (C=O) groups excluding carboxylic acids is 3. The number of aromatic amines is 1. The summed E-state index contributed by atoms with van der Waals surface area (Å²) in [5.74, 6) is -0.00106. The fourth-order valence-corrected chi connectivity index (χ4v) is 5.53. The molecule has 2 heterocycles. The molecule has 3 N–H and O–H groups in total. The van der Waals surface area contributed by atoms with E-state index in [4.69, 9.17) is 0 Å². The van der Waals surface area contributed by atoms with Crippen molar-refractivity contribution in [2.24, 2.45) is 5.92 Å². The fourth-order valence-electron chi connectivity index (χ4n) is 5.53. The standard InChI is InChI=1S/C28H38N4O3/c1-18-22(26(33)21-13-8-5-9-14-21)17-23(30-18)24-15-10-16-32(24)28(35)25(20-11-6-4-7-12-20)31-27(34)19(2)29-3/h5,8-9,13-14,17,19-20,24-25,29-30H,4,6-7,10-12,15-16H2,1-3H3,(H,31,34)/t19-,24-,25-/m0/s1. The SMILES string of the molecule is CN[C@@H](C)C(=O)N[C@H](C(=O)N1CCC[C@H]1c1cc(C(=O)c2ccccc2)c(C)[nH]1)C1CCCCC1. The zero-order valence-electron chi connectivity index (χ0n) is 21.1. The van der Waals surface area contributed by atoms with Gasteiger partial charge in [-0.25, -0.2) is 0 Å². The highest BCUT2D eigenvalue weighted by atomic mass is 16.2. The number of benzene rings is 1. The van der Waals surface area contributed by atoms with Gasteiger partial charge in [0, 0.05) is 29.1 Å². The summed E-state index contributed by atoms with van der Waals surface area (Å²) in [5.41, 5.74) is 3.00. The first kappa shape index (κ1) is 25.2. The molecule has 2 aliphatic rings. The first-order valence-electron chi connectivity index (χ1n) is 13.0. The van der Waals surface area contributed by atoms with Crippen LogP contribution in [0.25, 0.3) is 0 Å². The number of likely N-dealkylation sites (tertiary alicyclic amines) is 1. The average molecular weight is 479 g/mol. The van der Waals surface area contributed by atoms with E-state index in [1.54, 1.807) is 7.05 Å². The van der Waals surface area contributed by atoms with Gasteiger partial charge in [0.05, 0.1) is 12.1 Å². The van der Waals surface area contributed by atoms with Gasteiger partial charge in [-0.15, -0.1) is 0 Å². The van der Waals surface area contributed by atoms with Crippen LogP contribution >= 0.6 is 0 Å². The zero-order chi connectivity index (χ0) is 24.9. The molecule has 3 atom stereocenters. The Morgan fingerprint density at radius 1 is 1.03 bits per heavy atom. The maximum absolute atomic E-state index is 13.9. The van der Waals surface area contributed by atoms with Crippen molar-refractivity contribution < 1.29 is 14.4 Å². The van der Waals surface area contributed by atoms with Crippen molar-refractivity contribution in [3.63, 3.8) is 0 Å². The minimum absolute atomic E-state index is 0.000702. The molecule has 1 saturated heterocycles. The third-order valence-electron chi connectivity index (χ3n) is 7.72. The van der Waals surface area contributed by atoms with Crippen molar-refractivity contribution in [3.05, 3.63) is 58.9 Å². The molecule has 1 aliphatic heterocycles. The Bertz CT molecular complexity index is 1040. The maximum Gasteiger partial charge on any atom is 0.246 e. The second-order valence-corrected chi connectivity index (χ2v) is 10.0. The van der Waals surface area contributed by atoms with E-state index >= 15 is 0 Å². The quantitative estimate of drug-likeness (QED) is 0.502. The Balaban J connectivity index is 1.57. The van der Waals surface area contributed by atoms with Crippen LogP contribution in [0.3, 0.4) is 0 Å².